The average molecular weight is 1090 g/mol. The quantitative estimate of drug-likeness (QED) is 0.00942. The Kier molecular flexibility index (Phi) is 23.9. The second-order valence-electron chi connectivity index (χ2n) is 18.2. The number of hydrogen-bond acceptors (Lipinski definition) is 15. The van der Waals surface area contributed by atoms with Gasteiger partial charge in [-0.15, -0.1) is 0 Å². The van der Waals surface area contributed by atoms with Crippen LogP contribution in [0, 0.1) is 5.92 Å². The van der Waals surface area contributed by atoms with Gasteiger partial charge in [0, 0.05) is 85.3 Å². The maximum absolute atomic E-state index is 14.7. The van der Waals surface area contributed by atoms with Gasteiger partial charge in [-0.1, -0.05) is 32.0 Å². The number of hydrogen-bond donors (Lipinski definition) is 17. The third kappa shape index (κ3) is 19.9. The number of thiol groups is 1. The van der Waals surface area contributed by atoms with Crippen LogP contribution >= 0.6 is 12.6 Å². The van der Waals surface area contributed by atoms with Gasteiger partial charge >= 0.3 is 11.9 Å². The molecule has 4 aromatic rings. The molecule has 0 radical (unpaired) electrons. The number of aliphatic imine (C=N–C) groups is 1. The van der Waals surface area contributed by atoms with Crippen LogP contribution in [0.15, 0.2) is 60.5 Å². The Bertz CT molecular complexity index is 2690. The third-order valence-electron chi connectivity index (χ3n) is 11.9. The number of para-hydroxylation sites is 1. The highest BCUT2D eigenvalue weighted by molar-refractivity contribution is 7.80. The molecular formula is C47H67N17O12S. The molecule has 3 heterocycles. The molecule has 0 saturated carbocycles. The zero-order chi connectivity index (χ0) is 56.8. The summed E-state index contributed by atoms with van der Waals surface area (Å²) in [4.78, 5) is 154. The molecule has 3 aromatic heterocycles. The molecule has 77 heavy (non-hydrogen) atoms. The summed E-state index contributed by atoms with van der Waals surface area (Å²) in [7, 11) is 0. The normalized spacial score (nSPS) is 14.2. The molecule has 4 rings (SSSR count). The number of nitrogens with two attached hydrogens (primary N) is 4. The van der Waals surface area contributed by atoms with Gasteiger partial charge in [0.25, 0.3) is 0 Å². The lowest BCUT2D eigenvalue weighted by molar-refractivity contribution is -0.142. The maximum Gasteiger partial charge on any atom is 0.327 e. The van der Waals surface area contributed by atoms with E-state index in [4.69, 9.17) is 28.0 Å². The number of primary amides is 1. The monoisotopic (exact) mass is 1090 g/mol. The summed E-state index contributed by atoms with van der Waals surface area (Å²) < 4.78 is 0. The molecule has 0 aliphatic heterocycles. The number of H-pyrrole nitrogens is 3. The predicted molar refractivity (Wildman–Crippen MR) is 280 cm³/mol. The molecule has 0 saturated heterocycles. The number of nitrogens with one attached hydrogen (secondary N) is 10. The van der Waals surface area contributed by atoms with Gasteiger partial charge < -0.3 is 85.3 Å². The number of carbonyl (C=O) groups excluding carboxylic acids is 8. The van der Waals surface area contributed by atoms with Crippen LogP contribution < -0.4 is 60.2 Å². The van der Waals surface area contributed by atoms with Crippen molar-refractivity contribution in [3.05, 3.63) is 72.5 Å². The van der Waals surface area contributed by atoms with E-state index in [-0.39, 0.29) is 63.2 Å². The van der Waals surface area contributed by atoms with Crippen LogP contribution in [0.2, 0.25) is 0 Å². The van der Waals surface area contributed by atoms with Crippen molar-refractivity contribution in [2.75, 3.05) is 12.3 Å². The van der Waals surface area contributed by atoms with E-state index < -0.39 is 126 Å². The van der Waals surface area contributed by atoms with Gasteiger partial charge in [-0.05, 0) is 43.2 Å². The number of aromatic amines is 3. The van der Waals surface area contributed by atoms with Crippen LogP contribution in [-0.2, 0) is 67.2 Å². The van der Waals surface area contributed by atoms with Crippen molar-refractivity contribution < 1.29 is 58.2 Å². The summed E-state index contributed by atoms with van der Waals surface area (Å²) in [6, 6.07) is -4.34. The third-order valence-corrected chi connectivity index (χ3v) is 12.3. The topological polar surface area (TPSA) is 485 Å². The number of guanidine groups is 1. The minimum Gasteiger partial charge on any atom is -0.481 e. The molecule has 0 bridgehead atoms. The van der Waals surface area contributed by atoms with Gasteiger partial charge in [-0.2, -0.15) is 12.6 Å². The number of amides is 8. The number of carboxylic acid groups (broad SMARTS) is 2. The zero-order valence-electron chi connectivity index (χ0n) is 42.2. The Morgan fingerprint density at radius 1 is 0.623 bits per heavy atom. The summed E-state index contributed by atoms with van der Waals surface area (Å²) >= 11 is 3.96. The van der Waals surface area contributed by atoms with E-state index in [1.165, 1.54) is 25.0 Å². The number of aromatic nitrogens is 5. The number of carbonyl (C=O) groups is 10. The molecule has 418 valence electrons. The van der Waals surface area contributed by atoms with E-state index in [2.05, 4.69) is 79.8 Å². The molecular weight excluding hydrogens is 1030 g/mol. The van der Waals surface area contributed by atoms with Gasteiger partial charge in [0.1, 0.15) is 42.3 Å². The molecule has 0 aliphatic carbocycles. The number of nitrogens with zero attached hydrogens (tertiary/aromatic N) is 3. The Labute approximate surface area is 446 Å². The first kappa shape index (κ1) is 61.0. The van der Waals surface area contributed by atoms with Gasteiger partial charge in [0.2, 0.25) is 47.3 Å². The Morgan fingerprint density at radius 3 is 1.62 bits per heavy atom. The summed E-state index contributed by atoms with van der Waals surface area (Å²) in [5, 5.41) is 37.3. The van der Waals surface area contributed by atoms with Crippen molar-refractivity contribution in [2.24, 2.45) is 33.8 Å². The molecule has 8 amide bonds. The second kappa shape index (κ2) is 30.1. The van der Waals surface area contributed by atoms with Gasteiger partial charge in [-0.25, -0.2) is 14.8 Å². The van der Waals surface area contributed by atoms with E-state index in [1.807, 2.05) is 0 Å². The molecule has 1 aromatic carbocycles. The predicted octanol–water partition coefficient (Wildman–Crippen LogP) is -3.78. The molecule has 30 heteroatoms. The number of benzene rings is 1. The summed E-state index contributed by atoms with van der Waals surface area (Å²) in [6.45, 7) is 3.25. The highest BCUT2D eigenvalue weighted by atomic mass is 32.1. The standard InChI is InChI=1S/C47H67N17O12S/c1-23(2)38(64-39(68)28(48)9-12-37(66)67)45(74)62-32(14-24-17-55-29-7-4-3-6-27(24)29)42(71)61-34(16-26-19-53-22-57-26)43(72)58-30(8-5-13-54-47(50)51)40(69)60-33(15-25-18-52-21-56-25)44(73)59-31(10-11-36(49)65)41(70)63-35(20-77)46(75)76/h3-4,6-7,17-19,21-23,28,30-35,38,55,77H,5,8-16,20,48H2,1-2H3,(H2,49,65)(H,52,56)(H,53,57)(H,58,72)(H,59,73)(H,60,69)(H,61,71)(H,62,74)(H,63,70)(H,64,68)(H,66,67)(H,75,76)(H4,50,51,54)/t28-,30-,31-,32-,33-,34-,35-,38-/m0/s1. The van der Waals surface area contributed by atoms with Gasteiger partial charge in [0.15, 0.2) is 5.96 Å². The molecule has 0 aliphatic rings. The first-order valence-electron chi connectivity index (χ1n) is 24.3. The Morgan fingerprint density at radius 2 is 1.13 bits per heavy atom. The van der Waals surface area contributed by atoms with Crippen LogP contribution in [-0.4, -0.2) is 161 Å². The molecule has 0 spiro atoms. The first-order chi connectivity index (χ1) is 36.6. The summed E-state index contributed by atoms with van der Waals surface area (Å²) in [5.41, 5.74) is 24.4. The number of imidazole rings is 2. The van der Waals surface area contributed by atoms with Crippen molar-refractivity contribution in [1.29, 1.82) is 0 Å². The van der Waals surface area contributed by atoms with E-state index >= 15 is 0 Å². The van der Waals surface area contributed by atoms with Crippen LogP contribution in [0.1, 0.15) is 69.3 Å². The maximum atomic E-state index is 14.7. The SMILES string of the molecule is CC(C)[C@H](NC(=O)[C@@H](N)CCC(=O)O)C(=O)N[C@@H](Cc1c[nH]c2ccccc12)C(=O)N[C@@H](Cc1cnc[nH]1)C(=O)N[C@@H](CCCN=C(N)N)C(=O)N[C@@H](Cc1cnc[nH]1)C(=O)N[C@@H](CCC(N)=O)C(=O)N[C@@H](CS)C(=O)O. The molecule has 20 N–H and O–H groups in total. The number of carboxylic acids is 2. The van der Waals surface area contributed by atoms with E-state index in [1.54, 1.807) is 44.3 Å². The second-order valence-corrected chi connectivity index (χ2v) is 18.6. The largest absolute Gasteiger partial charge is 0.481 e. The summed E-state index contributed by atoms with van der Waals surface area (Å²) in [6.07, 6.45) is 4.89. The lowest BCUT2D eigenvalue weighted by atomic mass is 9.99. The van der Waals surface area contributed by atoms with Crippen molar-refractivity contribution in [3.8, 4) is 0 Å². The van der Waals surface area contributed by atoms with Gasteiger partial charge in [0.05, 0.1) is 18.7 Å². The lowest BCUT2D eigenvalue weighted by Gasteiger charge is -2.28. The molecule has 8 atom stereocenters. The van der Waals surface area contributed by atoms with Crippen molar-refractivity contribution in [3.63, 3.8) is 0 Å². The molecule has 29 nitrogen and oxygen atoms in total. The smallest absolute Gasteiger partial charge is 0.327 e. The fraction of sp³-hybridized carbons (Fsp3) is 0.468. The minimum absolute atomic E-state index is 0.0179. The van der Waals surface area contributed by atoms with E-state index in [0.717, 1.165) is 0 Å². The fourth-order valence-corrected chi connectivity index (χ4v) is 7.97. The van der Waals surface area contributed by atoms with Crippen molar-refractivity contribution in [1.82, 2.24) is 62.1 Å². The van der Waals surface area contributed by atoms with Crippen LogP contribution in [0.3, 0.4) is 0 Å². The highest BCUT2D eigenvalue weighted by Crippen LogP contribution is 2.20. The van der Waals surface area contributed by atoms with E-state index in [0.29, 0.717) is 27.9 Å². The van der Waals surface area contributed by atoms with Crippen molar-refractivity contribution in [2.45, 2.75) is 120 Å². The van der Waals surface area contributed by atoms with Gasteiger partial charge in [-0.3, -0.25) is 48.1 Å². The van der Waals surface area contributed by atoms with Crippen LogP contribution in [0.5, 0.6) is 0 Å². The van der Waals surface area contributed by atoms with Crippen LogP contribution in [0.25, 0.3) is 10.9 Å². The first-order valence-corrected chi connectivity index (χ1v) is 25.0. The number of aliphatic carboxylic acids is 2. The van der Waals surface area contributed by atoms with Crippen LogP contribution in [0.4, 0.5) is 0 Å². The highest BCUT2D eigenvalue weighted by Gasteiger charge is 2.36. The lowest BCUT2D eigenvalue weighted by Crippen LogP contribution is -2.61. The average Bonchev–Trinajstić information content (AvgIpc) is 4.19. The molecule has 0 unspecified atom stereocenters. The van der Waals surface area contributed by atoms with E-state index in [9.17, 15) is 53.1 Å². The fourth-order valence-electron chi connectivity index (χ4n) is 7.72. The number of fused-ring (bicyclic) bond motifs is 1. The van der Waals surface area contributed by atoms with Crippen molar-refractivity contribution >= 4 is 88.7 Å². The number of rotatable bonds is 33. The summed E-state index contributed by atoms with van der Waals surface area (Å²) in [5.74, 6) is -10.9. The zero-order valence-corrected chi connectivity index (χ0v) is 43.1. The molecule has 0 fully saturated rings. The Balaban J connectivity index is 1.68. The minimum atomic E-state index is -1.53. The Hall–Kier alpha value is -8.54.